The van der Waals surface area contributed by atoms with Crippen molar-refractivity contribution in [1.82, 2.24) is 0 Å². The minimum Gasteiger partial charge on any atom is -0.456 e. The summed E-state index contributed by atoms with van der Waals surface area (Å²) in [6.45, 7) is 9.46. The lowest BCUT2D eigenvalue weighted by atomic mass is 9.82. The predicted octanol–water partition coefficient (Wildman–Crippen LogP) is 15.6. The highest BCUT2D eigenvalue weighted by molar-refractivity contribution is 6.28. The quantitative estimate of drug-likeness (QED) is 0.178. The van der Waals surface area contributed by atoms with E-state index in [0.29, 0.717) is 0 Å². The van der Waals surface area contributed by atoms with Gasteiger partial charge in [0.2, 0.25) is 0 Å². The van der Waals surface area contributed by atoms with E-state index in [-0.39, 0.29) is 10.8 Å². The van der Waals surface area contributed by atoms with Crippen molar-refractivity contribution in [3.8, 4) is 33.4 Å². The summed E-state index contributed by atoms with van der Waals surface area (Å²) in [4.78, 5) is 2.47. The van der Waals surface area contributed by atoms with Gasteiger partial charge in [0.25, 0.3) is 0 Å². The summed E-state index contributed by atoms with van der Waals surface area (Å²) in [5.74, 6) is 0. The third-order valence-electron chi connectivity index (χ3n) is 13.4. The van der Waals surface area contributed by atoms with Crippen molar-refractivity contribution in [2.75, 3.05) is 4.90 Å². The van der Waals surface area contributed by atoms with Crippen LogP contribution in [-0.4, -0.2) is 0 Å². The van der Waals surface area contributed by atoms with E-state index < -0.39 is 0 Å². The molecule has 0 spiro atoms. The van der Waals surface area contributed by atoms with Gasteiger partial charge in [-0.05, 0) is 126 Å². The summed E-state index contributed by atoms with van der Waals surface area (Å²) >= 11 is 0. The van der Waals surface area contributed by atoms with Crippen LogP contribution in [0.2, 0.25) is 0 Å². The molecule has 0 fully saturated rings. The van der Waals surface area contributed by atoms with E-state index in [9.17, 15) is 0 Å². The zero-order valence-corrected chi connectivity index (χ0v) is 33.1. The van der Waals surface area contributed by atoms with E-state index in [1.807, 2.05) is 0 Å². The minimum atomic E-state index is -0.122. The molecule has 276 valence electrons. The monoisotopic (exact) mass is 743 g/mol. The van der Waals surface area contributed by atoms with E-state index >= 15 is 0 Å². The fourth-order valence-corrected chi connectivity index (χ4v) is 10.6. The summed E-state index contributed by atoms with van der Waals surface area (Å²) < 4.78 is 6.71. The Hall–Kier alpha value is -6.90. The van der Waals surface area contributed by atoms with E-state index in [0.717, 1.165) is 39.4 Å². The second-order valence-electron chi connectivity index (χ2n) is 17.3. The van der Waals surface area contributed by atoms with Gasteiger partial charge >= 0.3 is 0 Å². The largest absolute Gasteiger partial charge is 0.456 e. The molecule has 12 rings (SSSR count). The van der Waals surface area contributed by atoms with E-state index in [1.54, 1.807) is 0 Å². The summed E-state index contributed by atoms with van der Waals surface area (Å²) in [7, 11) is 0. The van der Waals surface area contributed by atoms with Gasteiger partial charge in [-0.15, -0.1) is 0 Å². The fourth-order valence-electron chi connectivity index (χ4n) is 10.6. The van der Waals surface area contributed by atoms with Gasteiger partial charge in [-0.25, -0.2) is 0 Å². The van der Waals surface area contributed by atoms with Crippen LogP contribution < -0.4 is 4.90 Å². The Balaban J connectivity index is 1.07. The first-order valence-corrected chi connectivity index (χ1v) is 20.4. The van der Waals surface area contributed by atoms with Crippen LogP contribution in [0, 0.1) is 0 Å². The first kappa shape index (κ1) is 33.3. The molecule has 0 radical (unpaired) electrons. The molecule has 0 unspecified atom stereocenters. The third kappa shape index (κ3) is 4.54. The molecule has 1 heterocycles. The van der Waals surface area contributed by atoms with Crippen LogP contribution in [0.25, 0.3) is 76.9 Å². The molecule has 0 amide bonds. The molecule has 0 aliphatic heterocycles. The Labute approximate surface area is 338 Å². The van der Waals surface area contributed by atoms with Gasteiger partial charge in [-0.2, -0.15) is 0 Å². The molecule has 0 N–H and O–H groups in total. The maximum Gasteiger partial charge on any atom is 0.136 e. The Morgan fingerprint density at radius 3 is 1.57 bits per heavy atom. The zero-order valence-electron chi connectivity index (χ0n) is 33.1. The second-order valence-corrected chi connectivity index (χ2v) is 17.3. The molecule has 2 heteroatoms. The van der Waals surface area contributed by atoms with Gasteiger partial charge in [0.05, 0.1) is 0 Å². The van der Waals surface area contributed by atoms with Gasteiger partial charge < -0.3 is 9.32 Å². The van der Waals surface area contributed by atoms with Crippen LogP contribution >= 0.6 is 0 Å². The second kappa shape index (κ2) is 11.8. The highest BCUT2D eigenvalue weighted by Gasteiger charge is 2.37. The molecule has 0 atom stereocenters. The molecule has 58 heavy (non-hydrogen) atoms. The minimum absolute atomic E-state index is 0.122. The van der Waals surface area contributed by atoms with Crippen molar-refractivity contribution in [3.05, 3.63) is 198 Å². The van der Waals surface area contributed by atoms with Gasteiger partial charge in [-0.3, -0.25) is 0 Å². The van der Waals surface area contributed by atoms with Crippen LogP contribution in [0.4, 0.5) is 17.1 Å². The number of furan rings is 1. The molecule has 0 saturated carbocycles. The molecule has 1 aromatic heterocycles. The summed E-state index contributed by atoms with van der Waals surface area (Å²) in [5.41, 5.74) is 18.1. The number of anilines is 3. The molecule has 10 aromatic rings. The number of hydrogen-bond donors (Lipinski definition) is 0. The van der Waals surface area contributed by atoms with Crippen molar-refractivity contribution < 1.29 is 4.42 Å². The lowest BCUT2D eigenvalue weighted by Gasteiger charge is -2.30. The summed E-state index contributed by atoms with van der Waals surface area (Å²) in [6.07, 6.45) is 0. The Morgan fingerprint density at radius 2 is 0.897 bits per heavy atom. The fraction of sp³-hybridized carbons (Fsp3) is 0.107. The van der Waals surface area contributed by atoms with E-state index in [2.05, 4.69) is 209 Å². The first-order valence-electron chi connectivity index (χ1n) is 20.4. The molecule has 0 bridgehead atoms. The molecule has 2 nitrogen and oxygen atoms in total. The SMILES string of the molecule is CC1(C)c2ccccc2-c2ccc(N(c3cccc(-c4cc5oc6ccc7ccccc7c6c5c5ccccc45)c3)c3ccc4c(c3)C(C)(C)c3ccccc3-4)cc21. The average Bonchev–Trinajstić information content (AvgIpc) is 3.84. The molecule has 2 aliphatic carbocycles. The third-order valence-corrected chi connectivity index (χ3v) is 13.4. The van der Waals surface area contributed by atoms with Crippen molar-refractivity contribution >= 4 is 60.5 Å². The van der Waals surface area contributed by atoms with E-state index in [4.69, 9.17) is 4.42 Å². The van der Waals surface area contributed by atoms with Crippen molar-refractivity contribution in [1.29, 1.82) is 0 Å². The van der Waals surface area contributed by atoms with Gasteiger partial charge in [-0.1, -0.05) is 155 Å². The number of benzene rings is 9. The zero-order chi connectivity index (χ0) is 38.9. The molecule has 9 aromatic carbocycles. The molecular weight excluding hydrogens is 703 g/mol. The highest BCUT2D eigenvalue weighted by atomic mass is 16.3. The van der Waals surface area contributed by atoms with Crippen LogP contribution in [0.15, 0.2) is 180 Å². The van der Waals surface area contributed by atoms with Crippen LogP contribution in [-0.2, 0) is 10.8 Å². The number of fused-ring (bicyclic) bond motifs is 13. The van der Waals surface area contributed by atoms with Crippen LogP contribution in [0.5, 0.6) is 0 Å². The number of nitrogens with zero attached hydrogens (tertiary/aromatic N) is 1. The smallest absolute Gasteiger partial charge is 0.136 e. The lowest BCUT2D eigenvalue weighted by molar-refractivity contribution is 0.660. The first-order chi connectivity index (χ1) is 28.3. The summed E-state index contributed by atoms with van der Waals surface area (Å²) in [5, 5.41) is 7.20. The average molecular weight is 744 g/mol. The van der Waals surface area contributed by atoms with Gasteiger partial charge in [0.1, 0.15) is 11.2 Å². The van der Waals surface area contributed by atoms with Gasteiger partial charge in [0.15, 0.2) is 0 Å². The van der Waals surface area contributed by atoms with E-state index in [1.165, 1.54) is 76.8 Å². The molecular formula is C56H41NO. The predicted molar refractivity (Wildman–Crippen MR) is 244 cm³/mol. The number of hydrogen-bond acceptors (Lipinski definition) is 2. The maximum absolute atomic E-state index is 6.71. The Bertz CT molecular complexity index is 3250. The van der Waals surface area contributed by atoms with Crippen LogP contribution in [0.3, 0.4) is 0 Å². The topological polar surface area (TPSA) is 16.4 Å². The molecule has 2 aliphatic rings. The van der Waals surface area contributed by atoms with Gasteiger partial charge in [0, 0.05) is 38.7 Å². The molecule has 0 saturated heterocycles. The Morgan fingerprint density at radius 1 is 0.362 bits per heavy atom. The standard InChI is InChI=1S/C56H41NO/c1-55(2)47-22-11-9-19-41(47)43-27-25-37(31-49(43)55)57(38-26-28-44-42-20-10-12-23-48(42)56(3,4)50(44)32-38)36-16-13-15-35(30-36)46-33-52-54(45-21-8-7-18-40(45)46)53-39-17-6-5-14-34(39)24-29-51(53)58-52/h5-33H,1-4H3. The number of rotatable bonds is 4. The Kier molecular flexibility index (Phi) is 6.78. The highest BCUT2D eigenvalue weighted by Crippen LogP contribution is 2.53. The van der Waals surface area contributed by atoms with Crippen molar-refractivity contribution in [2.45, 2.75) is 38.5 Å². The van der Waals surface area contributed by atoms with Crippen molar-refractivity contribution in [3.63, 3.8) is 0 Å². The summed E-state index contributed by atoms with van der Waals surface area (Å²) in [6, 6.07) is 65.1. The van der Waals surface area contributed by atoms with Crippen molar-refractivity contribution in [2.24, 2.45) is 0 Å². The maximum atomic E-state index is 6.71. The lowest BCUT2D eigenvalue weighted by Crippen LogP contribution is -2.18. The normalized spacial score (nSPS) is 14.5. The van der Waals surface area contributed by atoms with Crippen LogP contribution in [0.1, 0.15) is 49.9 Å².